The molecular weight excluding hydrogens is 381 g/mol. The molecule has 0 unspecified atom stereocenters. The van der Waals surface area contributed by atoms with E-state index in [-0.39, 0.29) is 25.9 Å². The molecule has 0 bridgehead atoms. The number of hydrogen-bond donors (Lipinski definition) is 1. The molecule has 1 N–H and O–H groups in total. The molecule has 6 nitrogen and oxygen atoms in total. The van der Waals surface area contributed by atoms with Gasteiger partial charge >= 0.3 is 23.5 Å². The van der Waals surface area contributed by atoms with Crippen molar-refractivity contribution >= 4 is 11.8 Å². The molecule has 0 saturated carbocycles. The zero-order valence-electron chi connectivity index (χ0n) is 9.76. The Morgan fingerprint density at radius 2 is 2.13 bits per heavy atom. The van der Waals surface area contributed by atoms with Crippen molar-refractivity contribution in [1.29, 1.82) is 3.91 Å². The Hall–Kier alpha value is -0.612. The molecule has 0 radical (unpaired) electrons. The van der Waals surface area contributed by atoms with Crippen molar-refractivity contribution in [3.05, 3.63) is 6.92 Å². The molecular formula is C8H16N3O3Pt-. The van der Waals surface area contributed by atoms with Gasteiger partial charge in [0.25, 0.3) is 5.91 Å². The van der Waals surface area contributed by atoms with Gasteiger partial charge in [0.2, 0.25) is 5.91 Å². The monoisotopic (exact) mass is 399 g/mol. The Balaban J connectivity index is 0. The van der Waals surface area contributed by atoms with Crippen LogP contribution in [0.3, 0.4) is 0 Å². The Morgan fingerprint density at radius 3 is 2.47 bits per heavy atom. The van der Waals surface area contributed by atoms with Gasteiger partial charge in [0.1, 0.15) is 0 Å². The van der Waals surface area contributed by atoms with Crippen LogP contribution < -0.4 is 0 Å². The summed E-state index contributed by atoms with van der Waals surface area (Å²) in [6, 6.07) is 0. The van der Waals surface area contributed by atoms with Gasteiger partial charge in [-0.05, 0) is 0 Å². The first kappa shape index (κ1) is 14.4. The summed E-state index contributed by atoms with van der Waals surface area (Å²) in [7, 11) is 2.81. The van der Waals surface area contributed by atoms with Crippen LogP contribution in [0.4, 0.5) is 0 Å². The van der Waals surface area contributed by atoms with Crippen molar-refractivity contribution in [2.24, 2.45) is 0 Å². The van der Waals surface area contributed by atoms with Gasteiger partial charge in [-0.2, -0.15) is 0 Å². The van der Waals surface area contributed by atoms with E-state index in [1.165, 1.54) is 38.7 Å². The number of nitrogens with one attached hydrogen (secondary N) is 1. The Kier molecular flexibility index (Phi) is 9.52. The van der Waals surface area contributed by atoms with Gasteiger partial charge < -0.3 is 11.8 Å². The van der Waals surface area contributed by atoms with E-state index < -0.39 is 5.91 Å². The first-order chi connectivity index (χ1) is 7.56. The number of amides is 2. The number of carbonyl (C=O) groups is 2. The van der Waals surface area contributed by atoms with Crippen molar-refractivity contribution in [1.82, 2.24) is 9.96 Å². The number of likely N-dealkylation sites (N-methyl/N-ethyl adjacent to an activating group) is 1. The van der Waals surface area contributed by atoms with E-state index in [4.69, 9.17) is 5.28 Å². The van der Waals surface area contributed by atoms with E-state index in [1.54, 1.807) is 0 Å². The second kappa shape index (κ2) is 9.92. The van der Waals surface area contributed by atoms with Crippen LogP contribution in [0.2, 0.25) is 0 Å². The summed E-state index contributed by atoms with van der Waals surface area (Å²) >= 11 is 1.39. The summed E-state index contributed by atoms with van der Waals surface area (Å²) in [6.45, 7) is 3.19. The van der Waals surface area contributed by atoms with Crippen LogP contribution in [0.25, 0.3) is 0 Å². The van der Waals surface area contributed by atoms with Crippen molar-refractivity contribution < 1.29 is 35.4 Å². The summed E-state index contributed by atoms with van der Waals surface area (Å²) < 4.78 is 12.6. The predicted octanol–water partition coefficient (Wildman–Crippen LogP) is -0.0156. The van der Waals surface area contributed by atoms with E-state index >= 15 is 0 Å². The number of hydroxylamine groups is 2. The molecule has 0 aliphatic carbocycles. The SMILES string of the molecule is [3H]CC(=O)N(C[CH2-])CC(=O)N(C)OC.[NH]=[Pt]. The van der Waals surface area contributed by atoms with E-state index in [2.05, 4.69) is 11.8 Å². The maximum absolute atomic E-state index is 11.3. The van der Waals surface area contributed by atoms with E-state index in [1.807, 2.05) is 0 Å². The summed E-state index contributed by atoms with van der Waals surface area (Å²) in [4.78, 5) is 28.2. The molecule has 0 aromatic rings. The maximum atomic E-state index is 11.3. The van der Waals surface area contributed by atoms with Gasteiger partial charge in [0, 0.05) is 15.3 Å². The molecule has 0 heterocycles. The van der Waals surface area contributed by atoms with Gasteiger partial charge in [-0.1, -0.05) is 0 Å². The molecule has 0 atom stereocenters. The summed E-state index contributed by atoms with van der Waals surface area (Å²) in [6.07, 6.45) is 0. The fraction of sp³-hybridized carbons (Fsp3) is 0.625. The fourth-order valence-corrected chi connectivity index (χ4v) is 0.657. The summed E-state index contributed by atoms with van der Waals surface area (Å²) in [5, 5.41) is 1.03. The molecule has 0 spiro atoms. The van der Waals surface area contributed by atoms with Gasteiger partial charge in [-0.25, -0.2) is 5.06 Å². The molecule has 0 aliphatic heterocycles. The van der Waals surface area contributed by atoms with Gasteiger partial charge in [-0.3, -0.25) is 14.4 Å². The molecule has 2 amide bonds. The second-order valence-corrected chi connectivity index (χ2v) is 2.39. The third-order valence-corrected chi connectivity index (χ3v) is 1.57. The molecule has 15 heavy (non-hydrogen) atoms. The van der Waals surface area contributed by atoms with E-state index in [9.17, 15) is 9.59 Å². The molecule has 0 rings (SSSR count). The first-order valence-corrected chi connectivity index (χ1v) is 5.03. The fourth-order valence-electron chi connectivity index (χ4n) is 0.657. The third kappa shape index (κ3) is 7.33. The molecule has 92 valence electrons. The Labute approximate surface area is 102 Å². The van der Waals surface area contributed by atoms with Gasteiger partial charge in [0.05, 0.1) is 13.7 Å². The normalized spacial score (nSPS) is 9.53. The van der Waals surface area contributed by atoms with Crippen LogP contribution >= 0.6 is 0 Å². The third-order valence-electron chi connectivity index (χ3n) is 1.57. The average Bonchev–Trinajstić information content (AvgIpc) is 2.35. The van der Waals surface area contributed by atoms with E-state index in [0.717, 1.165) is 5.06 Å². The summed E-state index contributed by atoms with van der Waals surface area (Å²) in [5.41, 5.74) is 0. The minimum absolute atomic E-state index is 0.106. The second-order valence-electron chi connectivity index (χ2n) is 2.39. The number of hydrogen-bond acceptors (Lipinski definition) is 4. The van der Waals surface area contributed by atoms with Crippen LogP contribution in [0, 0.1) is 10.8 Å². The molecule has 0 aromatic heterocycles. The van der Waals surface area contributed by atoms with Crippen molar-refractivity contribution in [3.8, 4) is 0 Å². The average molecular weight is 399 g/mol. The minimum atomic E-state index is -0.419. The van der Waals surface area contributed by atoms with Crippen molar-refractivity contribution in [2.75, 3.05) is 27.2 Å². The van der Waals surface area contributed by atoms with Crippen LogP contribution in [-0.2, 0) is 34.1 Å². The number of rotatable bonds is 4. The number of nitrogens with zero attached hydrogens (tertiary/aromatic N) is 2. The predicted molar refractivity (Wildman–Crippen MR) is 50.1 cm³/mol. The zero-order chi connectivity index (χ0) is 13.1. The van der Waals surface area contributed by atoms with Crippen molar-refractivity contribution in [2.45, 2.75) is 6.90 Å². The molecule has 0 fully saturated rings. The summed E-state index contributed by atoms with van der Waals surface area (Å²) in [5.74, 6) is -0.768. The van der Waals surface area contributed by atoms with Gasteiger partial charge in [0.15, 0.2) is 0 Å². The molecule has 7 heteroatoms. The molecule has 0 saturated heterocycles. The Bertz CT molecular complexity index is 231. The molecule has 0 aliphatic rings. The molecule has 0 aromatic carbocycles. The van der Waals surface area contributed by atoms with Crippen LogP contribution in [0.1, 0.15) is 8.27 Å². The van der Waals surface area contributed by atoms with Crippen LogP contribution in [0.15, 0.2) is 0 Å². The quantitative estimate of drug-likeness (QED) is 0.534. The van der Waals surface area contributed by atoms with Crippen molar-refractivity contribution in [3.63, 3.8) is 0 Å². The van der Waals surface area contributed by atoms with E-state index in [0.29, 0.717) is 0 Å². The zero-order valence-corrected chi connectivity index (χ0v) is 11.0. The standard InChI is InChI=1S/C8H15N2O3.HN.Pt/c1-5-10(7(2)11)6-8(12)9(3)13-4;;/h1,5-6H2,2-4H3;1H;/q-1;;/i2T;;. The van der Waals surface area contributed by atoms with Crippen LogP contribution in [0.5, 0.6) is 0 Å². The van der Waals surface area contributed by atoms with Crippen LogP contribution in [-0.4, -0.2) is 49.0 Å². The first-order valence-electron chi connectivity index (χ1n) is 4.60. The Morgan fingerprint density at radius 1 is 1.60 bits per heavy atom. The topological polar surface area (TPSA) is 73.7 Å². The number of carbonyl (C=O) groups excluding carboxylic acids is 2. The van der Waals surface area contributed by atoms with Gasteiger partial charge in [-0.15, -0.1) is 6.54 Å².